The summed E-state index contributed by atoms with van der Waals surface area (Å²) >= 11 is 0. The molecule has 0 aromatic carbocycles. The van der Waals surface area contributed by atoms with Crippen molar-refractivity contribution >= 4 is 10.8 Å². The van der Waals surface area contributed by atoms with Gasteiger partial charge in [-0.15, -0.1) is 0 Å². The molecular formula is C9H15F2N3OS. The van der Waals surface area contributed by atoms with Crippen LogP contribution in [0.3, 0.4) is 0 Å². The molecule has 1 aromatic rings. The number of imidazole rings is 1. The van der Waals surface area contributed by atoms with Crippen molar-refractivity contribution in [3.63, 3.8) is 0 Å². The monoisotopic (exact) mass is 251 g/mol. The van der Waals surface area contributed by atoms with Gasteiger partial charge in [-0.3, -0.25) is 8.78 Å². The Hall–Kier alpha value is -0.820. The average molecular weight is 251 g/mol. The highest BCUT2D eigenvalue weighted by Gasteiger charge is 2.10. The van der Waals surface area contributed by atoms with Gasteiger partial charge in [0.25, 0.3) is 0 Å². The van der Waals surface area contributed by atoms with Gasteiger partial charge in [-0.25, -0.2) is 4.98 Å². The standard InChI is InChI=1S/C9H15F2N3OS/c1-2-16(15)6-4-12-7-8-13-3-5-14(8)9(10)11/h3,5,9,12H,2,4,6-7H2,1H3. The van der Waals surface area contributed by atoms with E-state index < -0.39 is 17.3 Å². The van der Waals surface area contributed by atoms with Gasteiger partial charge >= 0.3 is 6.55 Å². The maximum absolute atomic E-state index is 12.4. The zero-order valence-electron chi connectivity index (χ0n) is 9.03. The van der Waals surface area contributed by atoms with Gasteiger partial charge in [0.15, 0.2) is 0 Å². The molecule has 0 aliphatic carbocycles. The molecule has 1 atom stereocenters. The van der Waals surface area contributed by atoms with Crippen LogP contribution in [-0.2, 0) is 17.3 Å². The largest absolute Gasteiger partial charge is 0.319 e. The molecule has 1 unspecified atom stereocenters. The van der Waals surface area contributed by atoms with Crippen molar-refractivity contribution in [3.05, 3.63) is 18.2 Å². The minimum absolute atomic E-state index is 0.262. The summed E-state index contributed by atoms with van der Waals surface area (Å²) in [5, 5.41) is 2.94. The number of nitrogens with zero attached hydrogens (tertiary/aromatic N) is 2. The fourth-order valence-corrected chi connectivity index (χ4v) is 1.85. The normalized spacial score (nSPS) is 13.2. The molecule has 1 aromatic heterocycles. The van der Waals surface area contributed by atoms with E-state index in [1.165, 1.54) is 12.4 Å². The molecule has 0 aliphatic heterocycles. The highest BCUT2D eigenvalue weighted by atomic mass is 32.2. The van der Waals surface area contributed by atoms with Crippen LogP contribution in [0.5, 0.6) is 0 Å². The van der Waals surface area contributed by atoms with Gasteiger partial charge < -0.3 is 5.32 Å². The number of rotatable bonds is 7. The molecule has 0 bridgehead atoms. The van der Waals surface area contributed by atoms with Crippen LogP contribution in [0, 0.1) is 0 Å². The summed E-state index contributed by atoms with van der Waals surface area (Å²) in [4.78, 5) is 3.82. The van der Waals surface area contributed by atoms with Crippen LogP contribution < -0.4 is 5.32 Å². The number of hydrogen-bond donors (Lipinski definition) is 1. The van der Waals surface area contributed by atoms with Gasteiger partial charge in [0.2, 0.25) is 0 Å². The molecule has 0 spiro atoms. The van der Waals surface area contributed by atoms with Crippen molar-refractivity contribution in [2.24, 2.45) is 0 Å². The second kappa shape index (κ2) is 6.70. The first-order valence-electron chi connectivity index (χ1n) is 5.00. The second-order valence-electron chi connectivity index (χ2n) is 3.14. The van der Waals surface area contributed by atoms with E-state index in [0.717, 1.165) is 4.57 Å². The Kier molecular flexibility index (Phi) is 5.54. The molecule has 1 N–H and O–H groups in total. The molecular weight excluding hydrogens is 236 g/mol. The Labute approximate surface area is 95.5 Å². The molecule has 92 valence electrons. The van der Waals surface area contributed by atoms with E-state index >= 15 is 0 Å². The van der Waals surface area contributed by atoms with Crippen LogP contribution in [0.25, 0.3) is 0 Å². The third kappa shape index (κ3) is 3.97. The van der Waals surface area contributed by atoms with E-state index in [1.54, 1.807) is 0 Å². The molecule has 0 radical (unpaired) electrons. The van der Waals surface area contributed by atoms with Crippen molar-refractivity contribution in [1.82, 2.24) is 14.9 Å². The van der Waals surface area contributed by atoms with Crippen molar-refractivity contribution in [3.8, 4) is 0 Å². The van der Waals surface area contributed by atoms with E-state index in [0.29, 0.717) is 18.1 Å². The number of halogens is 2. The molecule has 1 heterocycles. The predicted molar refractivity (Wildman–Crippen MR) is 58.7 cm³/mol. The van der Waals surface area contributed by atoms with Gasteiger partial charge in [-0.05, 0) is 0 Å². The molecule has 0 saturated heterocycles. The van der Waals surface area contributed by atoms with E-state index in [9.17, 15) is 13.0 Å². The lowest BCUT2D eigenvalue weighted by Gasteiger charge is -2.07. The molecule has 0 amide bonds. The van der Waals surface area contributed by atoms with Gasteiger partial charge in [0.1, 0.15) is 5.82 Å². The van der Waals surface area contributed by atoms with E-state index in [4.69, 9.17) is 0 Å². The SMILES string of the molecule is CCS(=O)CCNCc1nccn1C(F)F. The minimum Gasteiger partial charge on any atom is -0.309 e. The highest BCUT2D eigenvalue weighted by molar-refractivity contribution is 7.84. The van der Waals surface area contributed by atoms with Crippen LogP contribution in [0.2, 0.25) is 0 Å². The van der Waals surface area contributed by atoms with Crippen molar-refractivity contribution < 1.29 is 13.0 Å². The number of hydrogen-bond acceptors (Lipinski definition) is 3. The predicted octanol–water partition coefficient (Wildman–Crippen LogP) is 1.14. The van der Waals surface area contributed by atoms with Crippen molar-refractivity contribution in [2.45, 2.75) is 20.0 Å². The summed E-state index contributed by atoms with van der Waals surface area (Å²) in [5.41, 5.74) is 0. The average Bonchev–Trinajstić information content (AvgIpc) is 2.72. The molecule has 4 nitrogen and oxygen atoms in total. The Bertz CT molecular complexity index is 343. The fourth-order valence-electron chi connectivity index (χ4n) is 1.19. The lowest BCUT2D eigenvalue weighted by Crippen LogP contribution is -2.22. The smallest absolute Gasteiger partial charge is 0.309 e. The van der Waals surface area contributed by atoms with Crippen LogP contribution in [0.4, 0.5) is 8.78 Å². The Balaban J connectivity index is 2.32. The maximum Gasteiger partial charge on any atom is 0.319 e. The van der Waals surface area contributed by atoms with E-state index in [2.05, 4.69) is 10.3 Å². The van der Waals surface area contributed by atoms with Crippen LogP contribution in [0.1, 0.15) is 19.3 Å². The van der Waals surface area contributed by atoms with E-state index in [-0.39, 0.29) is 12.4 Å². The third-order valence-corrected chi connectivity index (χ3v) is 3.37. The molecule has 0 fully saturated rings. The summed E-state index contributed by atoms with van der Waals surface area (Å²) in [6.07, 6.45) is 2.58. The fraction of sp³-hybridized carbons (Fsp3) is 0.667. The molecule has 1 rings (SSSR count). The maximum atomic E-state index is 12.4. The first-order chi connectivity index (χ1) is 7.65. The van der Waals surface area contributed by atoms with Crippen molar-refractivity contribution in [2.75, 3.05) is 18.1 Å². The van der Waals surface area contributed by atoms with Crippen molar-refractivity contribution in [1.29, 1.82) is 0 Å². The van der Waals surface area contributed by atoms with Gasteiger partial charge in [0, 0.05) is 41.2 Å². The quantitative estimate of drug-likeness (QED) is 0.739. The third-order valence-electron chi connectivity index (χ3n) is 2.07. The van der Waals surface area contributed by atoms with Gasteiger partial charge in [-0.2, -0.15) is 8.78 Å². The first-order valence-corrected chi connectivity index (χ1v) is 6.49. The summed E-state index contributed by atoms with van der Waals surface area (Å²) in [5.74, 6) is 1.44. The summed E-state index contributed by atoms with van der Waals surface area (Å²) < 4.78 is 36.7. The molecule has 7 heteroatoms. The van der Waals surface area contributed by atoms with Gasteiger partial charge in [0.05, 0.1) is 6.54 Å². The number of aromatic nitrogens is 2. The topological polar surface area (TPSA) is 46.9 Å². The minimum atomic E-state index is -2.57. The molecule has 0 saturated carbocycles. The Morgan fingerprint density at radius 2 is 2.38 bits per heavy atom. The first kappa shape index (κ1) is 13.2. The Morgan fingerprint density at radius 1 is 1.62 bits per heavy atom. The van der Waals surface area contributed by atoms with Gasteiger partial charge in [-0.1, -0.05) is 6.92 Å². The number of alkyl halides is 2. The van der Waals surface area contributed by atoms with Crippen LogP contribution >= 0.6 is 0 Å². The van der Waals surface area contributed by atoms with Crippen LogP contribution in [-0.4, -0.2) is 31.8 Å². The van der Waals surface area contributed by atoms with E-state index in [1.807, 2.05) is 6.92 Å². The van der Waals surface area contributed by atoms with Crippen LogP contribution in [0.15, 0.2) is 12.4 Å². The zero-order chi connectivity index (χ0) is 12.0. The summed E-state index contributed by atoms with van der Waals surface area (Å²) in [7, 11) is -0.827. The lowest BCUT2D eigenvalue weighted by molar-refractivity contribution is 0.0666. The zero-order valence-corrected chi connectivity index (χ0v) is 9.84. The lowest BCUT2D eigenvalue weighted by atomic mass is 10.5. The number of nitrogens with one attached hydrogen (secondary N) is 1. The highest BCUT2D eigenvalue weighted by Crippen LogP contribution is 2.11. The molecule has 16 heavy (non-hydrogen) atoms. The molecule has 0 aliphatic rings. The summed E-state index contributed by atoms with van der Waals surface area (Å²) in [6, 6.07) is 0. The second-order valence-corrected chi connectivity index (χ2v) is 5.00. The Morgan fingerprint density at radius 3 is 3.00 bits per heavy atom. The summed E-state index contributed by atoms with van der Waals surface area (Å²) in [6.45, 7) is 0.0816.